The van der Waals surface area contributed by atoms with E-state index in [1.54, 1.807) is 34.6 Å². The Morgan fingerprint density at radius 1 is 1.10 bits per heavy atom. The standard InChI is InChI=1S/C30H35N3O6S/c1-18-11-20(12-19(2)27(18)39-30(3,4)28(35)36)13-22-15-33(29(37)38-23-14-31-32(5)16-23)17-25(22)26(34)21-7-9-24(40-6)10-8-21/h7-12,14,16,22,25H,13,15,17H2,1-6H3,(H,35,36)/t22-,25-/m1/s1. The van der Waals surface area contributed by atoms with E-state index < -0.39 is 23.6 Å². The number of carbonyl (C=O) groups excluding carboxylic acids is 2. The van der Waals surface area contributed by atoms with Crippen LogP contribution in [0.5, 0.6) is 11.5 Å². The first kappa shape index (κ1) is 29.2. The molecule has 1 N–H and O–H groups in total. The summed E-state index contributed by atoms with van der Waals surface area (Å²) in [5.74, 6) is -0.736. The lowest BCUT2D eigenvalue weighted by Gasteiger charge is -2.25. The first-order valence-corrected chi connectivity index (χ1v) is 14.3. The van der Waals surface area contributed by atoms with Gasteiger partial charge in [-0.2, -0.15) is 5.10 Å². The molecule has 1 saturated heterocycles. The number of benzene rings is 2. The smallest absolute Gasteiger partial charge is 0.415 e. The van der Waals surface area contributed by atoms with Crippen LogP contribution in [0.4, 0.5) is 4.79 Å². The number of likely N-dealkylation sites (tertiary alicyclic amines) is 1. The Balaban J connectivity index is 1.59. The van der Waals surface area contributed by atoms with Crippen LogP contribution in [-0.4, -0.2) is 62.6 Å². The van der Waals surface area contributed by atoms with Crippen LogP contribution in [0.25, 0.3) is 0 Å². The number of aliphatic carboxylic acids is 1. The highest BCUT2D eigenvalue weighted by Crippen LogP contribution is 2.34. The van der Waals surface area contributed by atoms with Gasteiger partial charge in [-0.1, -0.05) is 24.3 Å². The van der Waals surface area contributed by atoms with Crippen LogP contribution < -0.4 is 9.47 Å². The van der Waals surface area contributed by atoms with E-state index in [0.717, 1.165) is 21.6 Å². The monoisotopic (exact) mass is 565 g/mol. The Hall–Kier alpha value is -3.79. The normalized spacial score (nSPS) is 17.1. The van der Waals surface area contributed by atoms with E-state index in [4.69, 9.17) is 9.47 Å². The number of rotatable bonds is 9. The molecule has 2 heterocycles. The number of carbonyl (C=O) groups is 3. The van der Waals surface area contributed by atoms with E-state index >= 15 is 0 Å². The van der Waals surface area contributed by atoms with Gasteiger partial charge in [0.2, 0.25) is 0 Å². The van der Waals surface area contributed by atoms with Crippen LogP contribution in [0.3, 0.4) is 0 Å². The number of nitrogens with zero attached hydrogens (tertiary/aromatic N) is 3. The zero-order chi connectivity index (χ0) is 29.2. The predicted molar refractivity (Wildman–Crippen MR) is 152 cm³/mol. The molecule has 0 radical (unpaired) electrons. The van der Waals surface area contributed by atoms with E-state index in [-0.39, 0.29) is 18.2 Å². The van der Waals surface area contributed by atoms with Gasteiger partial charge >= 0.3 is 12.1 Å². The fourth-order valence-corrected chi connectivity index (χ4v) is 5.44. The largest absolute Gasteiger partial charge is 0.478 e. The Bertz CT molecular complexity index is 1390. The summed E-state index contributed by atoms with van der Waals surface area (Å²) < 4.78 is 12.9. The van der Waals surface area contributed by atoms with Crippen molar-refractivity contribution in [3.05, 3.63) is 71.0 Å². The number of aryl methyl sites for hydroxylation is 3. The van der Waals surface area contributed by atoms with Crippen LogP contribution >= 0.6 is 11.8 Å². The zero-order valence-corrected chi connectivity index (χ0v) is 24.4. The number of Topliss-reactive ketones (excluding diaryl/α,β-unsaturated/α-hetero) is 1. The highest BCUT2D eigenvalue weighted by Gasteiger charge is 2.41. The number of ketones is 1. The van der Waals surface area contributed by atoms with E-state index in [1.807, 2.05) is 56.5 Å². The fraction of sp³-hybridized carbons (Fsp3) is 0.400. The van der Waals surface area contributed by atoms with Gasteiger partial charge < -0.3 is 19.5 Å². The number of carboxylic acid groups (broad SMARTS) is 1. The Morgan fingerprint density at radius 3 is 2.30 bits per heavy atom. The summed E-state index contributed by atoms with van der Waals surface area (Å²) in [6.45, 7) is 7.40. The summed E-state index contributed by atoms with van der Waals surface area (Å²) >= 11 is 1.61. The molecular weight excluding hydrogens is 530 g/mol. The summed E-state index contributed by atoms with van der Waals surface area (Å²) in [6, 6.07) is 11.5. The van der Waals surface area contributed by atoms with Crippen molar-refractivity contribution in [1.82, 2.24) is 14.7 Å². The van der Waals surface area contributed by atoms with E-state index in [2.05, 4.69) is 5.10 Å². The third-order valence-corrected chi connectivity index (χ3v) is 7.93. The highest BCUT2D eigenvalue weighted by molar-refractivity contribution is 7.98. The lowest BCUT2D eigenvalue weighted by molar-refractivity contribution is -0.152. The summed E-state index contributed by atoms with van der Waals surface area (Å²) in [6.07, 6.45) is 5.11. The van der Waals surface area contributed by atoms with Gasteiger partial charge in [-0.25, -0.2) is 9.59 Å². The molecule has 0 aliphatic carbocycles. The number of hydrogen-bond donors (Lipinski definition) is 1. The van der Waals surface area contributed by atoms with Gasteiger partial charge in [0.1, 0.15) is 5.75 Å². The minimum atomic E-state index is -1.37. The molecule has 212 valence electrons. The molecule has 0 unspecified atom stereocenters. The molecule has 1 fully saturated rings. The van der Waals surface area contributed by atoms with Crippen LogP contribution in [-0.2, 0) is 18.3 Å². The topological polar surface area (TPSA) is 111 Å². The minimum absolute atomic E-state index is 0.00839. The van der Waals surface area contributed by atoms with Crippen LogP contribution in [0.2, 0.25) is 0 Å². The molecule has 1 aliphatic heterocycles. The maximum absolute atomic E-state index is 13.7. The van der Waals surface area contributed by atoms with Gasteiger partial charge in [0.25, 0.3) is 0 Å². The van der Waals surface area contributed by atoms with E-state index in [0.29, 0.717) is 30.0 Å². The zero-order valence-electron chi connectivity index (χ0n) is 23.6. The van der Waals surface area contributed by atoms with E-state index in [1.165, 1.54) is 20.0 Å². The summed E-state index contributed by atoms with van der Waals surface area (Å²) in [4.78, 5) is 41.0. The van der Waals surface area contributed by atoms with Gasteiger partial charge in [-0.05, 0) is 75.1 Å². The molecule has 0 bridgehead atoms. The van der Waals surface area contributed by atoms with Crippen molar-refractivity contribution in [3.63, 3.8) is 0 Å². The lowest BCUT2D eigenvalue weighted by atomic mass is 9.84. The minimum Gasteiger partial charge on any atom is -0.478 e. The number of thioether (sulfide) groups is 1. The molecule has 0 saturated carbocycles. The van der Waals surface area contributed by atoms with Crippen LogP contribution in [0.15, 0.2) is 53.7 Å². The molecule has 2 aromatic carbocycles. The van der Waals surface area contributed by atoms with Crippen LogP contribution in [0, 0.1) is 25.7 Å². The number of aromatic nitrogens is 2. The fourth-order valence-electron chi connectivity index (χ4n) is 5.03. The second-order valence-electron chi connectivity index (χ2n) is 10.8. The Morgan fingerprint density at radius 2 is 1.75 bits per heavy atom. The third kappa shape index (κ3) is 6.50. The molecule has 1 aromatic heterocycles. The van der Waals surface area contributed by atoms with E-state index in [9.17, 15) is 19.5 Å². The number of amides is 1. The van der Waals surface area contributed by atoms with Crippen molar-refractivity contribution in [2.24, 2.45) is 18.9 Å². The summed E-state index contributed by atoms with van der Waals surface area (Å²) in [7, 11) is 1.74. The lowest BCUT2D eigenvalue weighted by Crippen LogP contribution is -2.38. The average Bonchev–Trinajstić information content (AvgIpc) is 3.51. The first-order chi connectivity index (χ1) is 18.9. The number of ether oxygens (including phenoxy) is 2. The Kier molecular flexibility index (Phi) is 8.58. The molecule has 2 atom stereocenters. The van der Waals surface area contributed by atoms with Gasteiger partial charge in [0.05, 0.1) is 12.4 Å². The molecule has 10 heteroatoms. The number of hydrogen-bond acceptors (Lipinski definition) is 7. The van der Waals surface area contributed by atoms with Crippen molar-refractivity contribution in [1.29, 1.82) is 0 Å². The van der Waals surface area contributed by atoms with Gasteiger partial charge in [-0.3, -0.25) is 9.48 Å². The van der Waals surface area contributed by atoms with Crippen molar-refractivity contribution in [2.75, 3.05) is 19.3 Å². The average molecular weight is 566 g/mol. The maximum Gasteiger partial charge on any atom is 0.415 e. The van der Waals surface area contributed by atoms with Crippen molar-refractivity contribution in [3.8, 4) is 11.5 Å². The Labute approximate surface area is 238 Å². The molecule has 9 nitrogen and oxygen atoms in total. The molecular formula is C30H35N3O6S. The molecule has 3 aromatic rings. The maximum atomic E-state index is 13.7. The summed E-state index contributed by atoms with van der Waals surface area (Å²) in [5, 5.41) is 13.5. The van der Waals surface area contributed by atoms with Crippen molar-refractivity contribution >= 4 is 29.6 Å². The van der Waals surface area contributed by atoms with Gasteiger partial charge in [-0.15, -0.1) is 11.8 Å². The number of carboxylic acids is 1. The molecule has 4 rings (SSSR count). The second-order valence-corrected chi connectivity index (χ2v) is 11.6. The molecule has 0 spiro atoms. The van der Waals surface area contributed by atoms with Gasteiger partial charge in [0, 0.05) is 36.5 Å². The molecule has 1 amide bonds. The van der Waals surface area contributed by atoms with Crippen molar-refractivity contribution < 1.29 is 29.0 Å². The molecule has 1 aliphatic rings. The third-order valence-electron chi connectivity index (χ3n) is 7.19. The SMILES string of the molecule is CSc1ccc(C(=O)[C@@H]2CN(C(=O)Oc3cnn(C)c3)C[C@H]2Cc2cc(C)c(OC(C)(C)C(=O)O)c(C)c2)cc1. The molecule has 40 heavy (non-hydrogen) atoms. The quantitative estimate of drug-likeness (QED) is 0.279. The highest BCUT2D eigenvalue weighted by atomic mass is 32.2. The van der Waals surface area contributed by atoms with Gasteiger partial charge in [0.15, 0.2) is 17.1 Å². The van der Waals surface area contributed by atoms with Crippen LogP contribution in [0.1, 0.15) is 40.9 Å². The van der Waals surface area contributed by atoms with Crippen molar-refractivity contribution in [2.45, 2.75) is 44.6 Å². The summed E-state index contributed by atoms with van der Waals surface area (Å²) in [5.41, 5.74) is 1.85. The first-order valence-electron chi connectivity index (χ1n) is 13.0. The predicted octanol–water partition coefficient (Wildman–Crippen LogP) is 5.17. The second kappa shape index (κ2) is 11.8.